The van der Waals surface area contributed by atoms with Crippen molar-refractivity contribution in [1.29, 1.82) is 0 Å². The molecule has 0 spiro atoms. The van der Waals surface area contributed by atoms with E-state index in [0.29, 0.717) is 12.2 Å². The number of carbonyl (C=O) groups is 2. The molecule has 1 heterocycles. The Morgan fingerprint density at radius 2 is 1.48 bits per heavy atom. The zero-order chi connectivity index (χ0) is 19.6. The predicted octanol–water partition coefficient (Wildman–Crippen LogP) is 2.97. The van der Waals surface area contributed by atoms with E-state index in [1.165, 1.54) is 0 Å². The third-order valence-electron chi connectivity index (χ3n) is 3.49. The van der Waals surface area contributed by atoms with Crippen molar-refractivity contribution >= 4 is 17.8 Å². The van der Waals surface area contributed by atoms with Crippen molar-refractivity contribution in [1.82, 2.24) is 4.98 Å². The van der Waals surface area contributed by atoms with E-state index in [2.05, 4.69) is 4.98 Å². The number of carbonyl (C=O) groups excluding carboxylic acids is 2. The molecule has 2 N–H and O–H groups in total. The molecule has 0 aliphatic rings. The fraction of sp³-hybridized carbons (Fsp3) is 0.611. The zero-order valence-corrected chi connectivity index (χ0v) is 16.4. The Balaban J connectivity index is 3.27. The Bertz CT molecular complexity index is 606. The van der Waals surface area contributed by atoms with E-state index >= 15 is 0 Å². The molecular weight excluding hydrogens is 322 g/mol. The molecule has 25 heavy (non-hydrogen) atoms. The topological polar surface area (TPSA) is 94.7 Å². The Labute approximate surface area is 149 Å². The van der Waals surface area contributed by atoms with Crippen LogP contribution in [0.4, 0.5) is 5.82 Å². The highest BCUT2D eigenvalue weighted by Crippen LogP contribution is 2.25. The van der Waals surface area contributed by atoms with E-state index in [4.69, 9.17) is 15.4 Å². The van der Waals surface area contributed by atoms with Crippen LogP contribution in [-0.2, 0) is 25.8 Å². The minimum atomic E-state index is -0.770. The van der Waals surface area contributed by atoms with Gasteiger partial charge in [0.1, 0.15) is 0 Å². The second kappa shape index (κ2) is 7.39. The van der Waals surface area contributed by atoms with Crippen molar-refractivity contribution in [2.75, 3.05) is 5.23 Å². The van der Waals surface area contributed by atoms with Crippen molar-refractivity contribution in [2.45, 2.75) is 61.9 Å². The van der Waals surface area contributed by atoms with Gasteiger partial charge in [-0.1, -0.05) is 0 Å². The quantitative estimate of drug-likeness (QED) is 0.833. The van der Waals surface area contributed by atoms with Crippen molar-refractivity contribution < 1.29 is 19.3 Å². The number of aromatic nitrogens is 1. The average molecular weight is 351 g/mol. The Hall–Kier alpha value is -2.15. The second-order valence-electron chi connectivity index (χ2n) is 8.08. The van der Waals surface area contributed by atoms with E-state index in [1.54, 1.807) is 54.5 Å². The Morgan fingerprint density at radius 3 is 1.80 bits per heavy atom. The highest BCUT2D eigenvalue weighted by atomic mass is 17.0. The lowest BCUT2D eigenvalue weighted by Crippen LogP contribution is -2.38. The number of aryl methyl sites for hydroxylation is 2. The van der Waals surface area contributed by atoms with Crippen LogP contribution in [0.25, 0.3) is 0 Å². The summed E-state index contributed by atoms with van der Waals surface area (Å²) in [6, 6.07) is 1.67. The summed E-state index contributed by atoms with van der Waals surface area (Å²) in [5.74, 6) is -0.883. The molecule has 1 rings (SSSR count). The van der Waals surface area contributed by atoms with Gasteiger partial charge in [0, 0.05) is 12.2 Å². The third-order valence-corrected chi connectivity index (χ3v) is 3.49. The molecule has 0 unspecified atom stereocenters. The fourth-order valence-electron chi connectivity index (χ4n) is 1.78. The maximum absolute atomic E-state index is 12.3. The smallest absolute Gasteiger partial charge is 0.326 e. The van der Waals surface area contributed by atoms with Gasteiger partial charge in [-0.25, -0.2) is 14.6 Å². The number of nitrogens with zero attached hydrogens (tertiary/aromatic N) is 2. The zero-order valence-electron chi connectivity index (χ0n) is 16.4. The van der Waals surface area contributed by atoms with Crippen molar-refractivity contribution in [2.24, 2.45) is 16.6 Å². The molecule has 1 aromatic rings. The summed E-state index contributed by atoms with van der Waals surface area (Å²) in [4.78, 5) is 39.5. The summed E-state index contributed by atoms with van der Waals surface area (Å²) in [6.07, 6.45) is 0. The molecule has 7 heteroatoms. The molecule has 0 aromatic carbocycles. The molecule has 0 saturated carbocycles. The first-order valence-electron chi connectivity index (χ1n) is 8.19. The summed E-state index contributed by atoms with van der Waals surface area (Å²) < 4.78 is 0. The molecule has 0 radical (unpaired) electrons. The van der Waals surface area contributed by atoms with Gasteiger partial charge in [0.25, 0.3) is 0 Å². The number of rotatable bonds is 4. The van der Waals surface area contributed by atoms with Gasteiger partial charge in [-0.2, -0.15) is 0 Å². The lowest BCUT2D eigenvalue weighted by molar-refractivity contribution is -0.185. The van der Waals surface area contributed by atoms with E-state index < -0.39 is 22.8 Å². The normalized spacial score (nSPS) is 11.9. The number of pyridine rings is 1. The van der Waals surface area contributed by atoms with Gasteiger partial charge in [-0.3, -0.25) is 0 Å². The molecule has 0 atom stereocenters. The van der Waals surface area contributed by atoms with Gasteiger partial charge in [-0.15, -0.1) is 0 Å². The predicted molar refractivity (Wildman–Crippen MR) is 95.2 cm³/mol. The van der Waals surface area contributed by atoms with Gasteiger partial charge >= 0.3 is 11.9 Å². The molecule has 0 saturated heterocycles. The van der Waals surface area contributed by atoms with Crippen LogP contribution < -0.4 is 11.0 Å². The average Bonchev–Trinajstić information content (AvgIpc) is 2.43. The monoisotopic (exact) mass is 351 g/mol. The summed E-state index contributed by atoms with van der Waals surface area (Å²) in [5, 5.41) is 0.793. The van der Waals surface area contributed by atoms with Crippen molar-refractivity contribution in [3.05, 3.63) is 22.9 Å². The number of anilines is 1. The van der Waals surface area contributed by atoms with Crippen molar-refractivity contribution in [3.63, 3.8) is 0 Å². The van der Waals surface area contributed by atoms with E-state index in [0.717, 1.165) is 16.4 Å². The van der Waals surface area contributed by atoms with Gasteiger partial charge in [0.05, 0.1) is 10.8 Å². The van der Waals surface area contributed by atoms with Crippen LogP contribution in [-0.4, -0.2) is 16.9 Å². The minimum Gasteiger partial charge on any atom is -0.326 e. The SMILES string of the molecule is Cc1cc(N(OC(=O)C(C)(C)C)OC(=O)C(C)(C)C)nc(C)c1CN. The van der Waals surface area contributed by atoms with Crippen LogP contribution in [0.1, 0.15) is 58.4 Å². The van der Waals surface area contributed by atoms with Crippen LogP contribution in [0.5, 0.6) is 0 Å². The fourth-order valence-corrected chi connectivity index (χ4v) is 1.78. The number of hydrogen-bond donors (Lipinski definition) is 1. The third kappa shape index (κ3) is 5.42. The second-order valence-corrected chi connectivity index (χ2v) is 8.08. The first kappa shape index (κ1) is 20.9. The molecular formula is C18H29N3O4. The molecule has 7 nitrogen and oxygen atoms in total. The molecule has 0 aliphatic carbocycles. The number of nitrogens with two attached hydrogens (primary N) is 1. The summed E-state index contributed by atoms with van der Waals surface area (Å²) in [7, 11) is 0. The Morgan fingerprint density at radius 1 is 1.04 bits per heavy atom. The van der Waals surface area contributed by atoms with E-state index in [9.17, 15) is 9.59 Å². The first-order valence-corrected chi connectivity index (χ1v) is 8.19. The number of hydrogen-bond acceptors (Lipinski definition) is 7. The van der Waals surface area contributed by atoms with Gasteiger partial charge in [0.2, 0.25) is 5.82 Å². The Kier molecular flexibility index (Phi) is 6.18. The van der Waals surface area contributed by atoms with E-state index in [-0.39, 0.29) is 5.82 Å². The maximum Gasteiger partial charge on any atom is 0.341 e. The van der Waals surface area contributed by atoms with Crippen LogP contribution in [0.3, 0.4) is 0 Å². The molecule has 0 fully saturated rings. The molecule has 0 aliphatic heterocycles. The van der Waals surface area contributed by atoms with Gasteiger partial charge in [-0.05, 0) is 77.8 Å². The highest BCUT2D eigenvalue weighted by Gasteiger charge is 2.32. The molecule has 0 amide bonds. The van der Waals surface area contributed by atoms with Crippen LogP contribution >= 0.6 is 0 Å². The molecule has 0 bridgehead atoms. The minimum absolute atomic E-state index is 0.211. The summed E-state index contributed by atoms with van der Waals surface area (Å²) in [5.41, 5.74) is 6.64. The van der Waals surface area contributed by atoms with Crippen molar-refractivity contribution in [3.8, 4) is 0 Å². The standard InChI is InChI=1S/C18H29N3O4/c1-11-9-14(20-12(2)13(11)10-19)21(24-15(22)17(3,4)5)25-16(23)18(6,7)8/h9H,10,19H2,1-8H3. The molecule has 140 valence electrons. The summed E-state index contributed by atoms with van der Waals surface area (Å²) >= 11 is 0. The molecule has 1 aromatic heterocycles. The lowest BCUT2D eigenvalue weighted by Gasteiger charge is -2.27. The summed E-state index contributed by atoms with van der Waals surface area (Å²) in [6.45, 7) is 14.3. The highest BCUT2D eigenvalue weighted by molar-refractivity contribution is 5.78. The van der Waals surface area contributed by atoms with E-state index in [1.807, 2.05) is 6.92 Å². The van der Waals surface area contributed by atoms with Gasteiger partial charge in [0.15, 0.2) is 0 Å². The van der Waals surface area contributed by atoms with Gasteiger partial charge < -0.3 is 15.4 Å². The maximum atomic E-state index is 12.3. The lowest BCUT2D eigenvalue weighted by atomic mass is 9.98. The van der Waals surface area contributed by atoms with Crippen LogP contribution in [0.15, 0.2) is 6.07 Å². The van der Waals surface area contributed by atoms with Crippen LogP contribution in [0.2, 0.25) is 0 Å². The van der Waals surface area contributed by atoms with Crippen LogP contribution in [0, 0.1) is 24.7 Å². The largest absolute Gasteiger partial charge is 0.341 e. The first-order chi connectivity index (χ1) is 11.3.